The highest BCUT2D eigenvalue weighted by atomic mass is 35.5. The molecular weight excluding hydrogens is 417 g/mol. The summed E-state index contributed by atoms with van der Waals surface area (Å²) in [7, 11) is 0. The third-order valence-electron chi connectivity index (χ3n) is 5.07. The molecule has 0 unspecified atom stereocenters. The zero-order chi connectivity index (χ0) is 21.9. The lowest BCUT2D eigenvalue weighted by atomic mass is 9.93. The minimum atomic E-state index is -2.65. The highest BCUT2D eigenvalue weighted by Gasteiger charge is 2.34. The number of aliphatic hydroxyl groups is 1. The molecule has 30 heavy (non-hydrogen) atoms. The van der Waals surface area contributed by atoms with Crippen molar-refractivity contribution in [1.29, 1.82) is 0 Å². The SMILES string of the molecule is C[C@@H](CCO)Nc1cc(Cl)ncc1-c1ncc(CN2CC(CC(C)(F)F)C2)cc1F. The Morgan fingerprint density at radius 2 is 2.03 bits per heavy atom. The number of hydrogen-bond acceptors (Lipinski definition) is 5. The maximum absolute atomic E-state index is 14.9. The van der Waals surface area contributed by atoms with Crippen molar-refractivity contribution < 1.29 is 18.3 Å². The number of halogens is 4. The monoisotopic (exact) mass is 442 g/mol. The van der Waals surface area contributed by atoms with Crippen molar-refractivity contribution in [3.8, 4) is 11.3 Å². The summed E-state index contributed by atoms with van der Waals surface area (Å²) >= 11 is 5.99. The van der Waals surface area contributed by atoms with Gasteiger partial charge >= 0.3 is 0 Å². The average molecular weight is 443 g/mol. The van der Waals surface area contributed by atoms with Crippen LogP contribution in [0.1, 0.15) is 32.3 Å². The van der Waals surface area contributed by atoms with Crippen LogP contribution < -0.4 is 5.32 Å². The molecule has 0 saturated carbocycles. The van der Waals surface area contributed by atoms with Gasteiger partial charge in [-0.3, -0.25) is 9.88 Å². The number of pyridine rings is 2. The second kappa shape index (κ2) is 9.49. The van der Waals surface area contributed by atoms with Gasteiger partial charge in [-0.1, -0.05) is 11.6 Å². The first-order chi connectivity index (χ1) is 14.1. The number of rotatable bonds is 9. The van der Waals surface area contributed by atoms with Gasteiger partial charge < -0.3 is 10.4 Å². The van der Waals surface area contributed by atoms with Crippen molar-refractivity contribution in [3.63, 3.8) is 0 Å². The number of nitrogens with zero attached hydrogens (tertiary/aromatic N) is 3. The fourth-order valence-corrected chi connectivity index (χ4v) is 3.89. The first-order valence-electron chi connectivity index (χ1n) is 9.92. The molecule has 1 aliphatic heterocycles. The zero-order valence-corrected chi connectivity index (χ0v) is 17.8. The molecule has 1 saturated heterocycles. The smallest absolute Gasteiger partial charge is 0.245 e. The molecule has 1 aliphatic rings. The third-order valence-corrected chi connectivity index (χ3v) is 5.28. The molecule has 2 aromatic heterocycles. The molecule has 0 spiro atoms. The number of hydrogen-bond donors (Lipinski definition) is 2. The topological polar surface area (TPSA) is 61.3 Å². The number of likely N-dealkylation sites (tertiary alicyclic amines) is 1. The molecule has 0 amide bonds. The van der Waals surface area contributed by atoms with Crippen molar-refractivity contribution in [2.24, 2.45) is 5.92 Å². The van der Waals surface area contributed by atoms with Gasteiger partial charge in [0.25, 0.3) is 0 Å². The Bertz CT molecular complexity index is 872. The van der Waals surface area contributed by atoms with E-state index >= 15 is 0 Å². The lowest BCUT2D eigenvalue weighted by Crippen LogP contribution is -2.47. The van der Waals surface area contributed by atoms with E-state index in [1.165, 1.54) is 12.3 Å². The highest BCUT2D eigenvalue weighted by molar-refractivity contribution is 6.29. The Kier molecular flexibility index (Phi) is 7.21. The predicted molar refractivity (Wildman–Crippen MR) is 111 cm³/mol. The van der Waals surface area contributed by atoms with E-state index in [-0.39, 0.29) is 35.8 Å². The molecule has 0 aromatic carbocycles. The quantitative estimate of drug-likeness (QED) is 0.556. The van der Waals surface area contributed by atoms with Crippen LogP contribution in [0.2, 0.25) is 5.15 Å². The first-order valence-corrected chi connectivity index (χ1v) is 10.3. The molecule has 0 bridgehead atoms. The molecule has 3 rings (SSSR count). The van der Waals surface area contributed by atoms with E-state index in [1.807, 2.05) is 11.8 Å². The molecule has 1 fully saturated rings. The molecule has 3 heterocycles. The largest absolute Gasteiger partial charge is 0.396 e. The third kappa shape index (κ3) is 6.06. The van der Waals surface area contributed by atoms with Crippen molar-refractivity contribution in [2.75, 3.05) is 25.0 Å². The fraction of sp³-hybridized carbons (Fsp3) is 0.524. The maximum Gasteiger partial charge on any atom is 0.245 e. The predicted octanol–water partition coefficient (Wildman–Crippen LogP) is 4.60. The Balaban J connectivity index is 1.70. The number of nitrogens with one attached hydrogen (secondary N) is 1. The summed E-state index contributed by atoms with van der Waals surface area (Å²) in [6.45, 7) is 4.47. The summed E-state index contributed by atoms with van der Waals surface area (Å²) in [5.74, 6) is -3.18. The van der Waals surface area contributed by atoms with Gasteiger partial charge in [0.15, 0.2) is 0 Å². The number of alkyl halides is 2. The highest BCUT2D eigenvalue weighted by Crippen LogP contribution is 2.32. The standard InChI is InChI=1S/C21H26ClF3N4O/c1-13(3-4-30)28-18-6-19(22)26-9-16(18)20-17(23)5-14(8-27-20)10-29-11-15(12-29)7-21(2,24)25/h5-6,8-9,13,15,30H,3-4,7,10-12H2,1-2H3,(H,26,28)/t13-/m0/s1. The Labute approximate surface area is 179 Å². The lowest BCUT2D eigenvalue weighted by molar-refractivity contribution is -0.0380. The van der Waals surface area contributed by atoms with E-state index in [2.05, 4.69) is 15.3 Å². The molecule has 9 heteroatoms. The normalized spacial score (nSPS) is 16.4. The fourth-order valence-electron chi connectivity index (χ4n) is 3.73. The first kappa shape index (κ1) is 22.8. The van der Waals surface area contributed by atoms with Crippen LogP contribution in [0.15, 0.2) is 24.5 Å². The molecule has 0 aliphatic carbocycles. The Hall–Kier alpha value is -1.90. The van der Waals surface area contributed by atoms with E-state index in [4.69, 9.17) is 16.7 Å². The zero-order valence-electron chi connectivity index (χ0n) is 17.0. The van der Waals surface area contributed by atoms with Crippen LogP contribution in [0.4, 0.5) is 18.9 Å². The van der Waals surface area contributed by atoms with Crippen molar-refractivity contribution in [3.05, 3.63) is 41.1 Å². The second-order valence-electron chi connectivity index (χ2n) is 8.12. The molecular formula is C21H26ClF3N4O. The van der Waals surface area contributed by atoms with E-state index in [9.17, 15) is 13.2 Å². The van der Waals surface area contributed by atoms with Crippen LogP contribution in [0.3, 0.4) is 0 Å². The number of aromatic nitrogens is 2. The van der Waals surface area contributed by atoms with E-state index in [0.29, 0.717) is 42.9 Å². The van der Waals surface area contributed by atoms with Crippen LogP contribution in [-0.4, -0.2) is 51.6 Å². The summed E-state index contributed by atoms with van der Waals surface area (Å²) in [6, 6.07) is 2.97. The number of anilines is 1. The second-order valence-corrected chi connectivity index (χ2v) is 8.51. The van der Waals surface area contributed by atoms with E-state index < -0.39 is 11.7 Å². The molecule has 5 nitrogen and oxygen atoms in total. The van der Waals surface area contributed by atoms with E-state index in [1.54, 1.807) is 12.3 Å². The van der Waals surface area contributed by atoms with Gasteiger partial charge in [0, 0.05) is 62.3 Å². The molecule has 2 aromatic rings. The van der Waals surface area contributed by atoms with Gasteiger partial charge in [-0.15, -0.1) is 0 Å². The summed E-state index contributed by atoms with van der Waals surface area (Å²) in [4.78, 5) is 10.3. The summed E-state index contributed by atoms with van der Waals surface area (Å²) < 4.78 is 41.0. The molecule has 2 N–H and O–H groups in total. The molecule has 0 radical (unpaired) electrons. The number of aliphatic hydroxyl groups excluding tert-OH is 1. The van der Waals surface area contributed by atoms with Crippen LogP contribution in [-0.2, 0) is 6.54 Å². The van der Waals surface area contributed by atoms with Gasteiger partial charge in [0.2, 0.25) is 5.92 Å². The van der Waals surface area contributed by atoms with E-state index in [0.717, 1.165) is 6.92 Å². The minimum Gasteiger partial charge on any atom is -0.396 e. The summed E-state index contributed by atoms with van der Waals surface area (Å²) in [6.07, 6.45) is 3.46. The average Bonchev–Trinajstić information content (AvgIpc) is 2.60. The molecule has 164 valence electrons. The van der Waals surface area contributed by atoms with Crippen LogP contribution in [0.25, 0.3) is 11.3 Å². The molecule has 1 atom stereocenters. The summed E-state index contributed by atoms with van der Waals surface area (Å²) in [5, 5.41) is 12.6. The Morgan fingerprint density at radius 1 is 1.30 bits per heavy atom. The maximum atomic E-state index is 14.9. The van der Waals surface area contributed by atoms with Crippen LogP contribution in [0, 0.1) is 11.7 Å². The van der Waals surface area contributed by atoms with Gasteiger partial charge in [0.1, 0.15) is 16.7 Å². The van der Waals surface area contributed by atoms with Crippen molar-refractivity contribution in [1.82, 2.24) is 14.9 Å². The van der Waals surface area contributed by atoms with Crippen molar-refractivity contribution >= 4 is 17.3 Å². The van der Waals surface area contributed by atoms with Crippen LogP contribution >= 0.6 is 11.6 Å². The van der Waals surface area contributed by atoms with Gasteiger partial charge in [-0.25, -0.2) is 18.2 Å². The lowest BCUT2D eigenvalue weighted by Gasteiger charge is -2.40. The minimum absolute atomic E-state index is 0.0247. The van der Waals surface area contributed by atoms with Crippen LogP contribution in [0.5, 0.6) is 0 Å². The van der Waals surface area contributed by atoms with Gasteiger partial charge in [-0.05, 0) is 43.9 Å². The Morgan fingerprint density at radius 3 is 2.67 bits per heavy atom. The van der Waals surface area contributed by atoms with Gasteiger partial charge in [0.05, 0.1) is 0 Å². The van der Waals surface area contributed by atoms with Gasteiger partial charge in [-0.2, -0.15) is 0 Å². The summed E-state index contributed by atoms with van der Waals surface area (Å²) in [5.41, 5.74) is 1.89. The van der Waals surface area contributed by atoms with Crippen molar-refractivity contribution in [2.45, 2.75) is 45.2 Å².